The minimum Gasteiger partial charge on any atom is -0.510 e. The minimum absolute atomic E-state index is 0.155. The summed E-state index contributed by atoms with van der Waals surface area (Å²) in [6.45, 7) is 7.59. The zero-order chi connectivity index (χ0) is 19.7. The van der Waals surface area contributed by atoms with E-state index in [1.54, 1.807) is 0 Å². The molecule has 1 aromatic heterocycles. The molecule has 1 saturated heterocycles. The van der Waals surface area contributed by atoms with Crippen LogP contribution in [0.4, 0.5) is 5.69 Å². The molecular formula is C21H29N5O2. The number of amidine groups is 1. The van der Waals surface area contributed by atoms with E-state index in [0.29, 0.717) is 36.9 Å². The Bertz CT molecular complexity index is 895. The molecule has 0 aliphatic carbocycles. The lowest BCUT2D eigenvalue weighted by atomic mass is 10.1. The highest BCUT2D eigenvalue weighted by atomic mass is 16.5. The number of rotatable bonds is 6. The lowest BCUT2D eigenvalue weighted by molar-refractivity contribution is 0.0705. The Hall–Kier alpha value is -2.54. The topological polar surface area (TPSA) is 88.5 Å². The zero-order valence-electron chi connectivity index (χ0n) is 16.7. The van der Waals surface area contributed by atoms with Crippen molar-refractivity contribution in [2.45, 2.75) is 39.2 Å². The first-order valence-corrected chi connectivity index (χ1v) is 10.2. The zero-order valence-corrected chi connectivity index (χ0v) is 16.7. The molecule has 28 heavy (non-hydrogen) atoms. The number of ether oxygens (including phenoxy) is 1. The number of hydrogen-bond donors (Lipinski definition) is 3. The first kappa shape index (κ1) is 18.8. The number of aliphatic hydroxyl groups excluding tert-OH is 1. The summed E-state index contributed by atoms with van der Waals surface area (Å²) in [6.07, 6.45) is 3.93. The van der Waals surface area contributed by atoms with Gasteiger partial charge in [0.1, 0.15) is 17.4 Å². The summed E-state index contributed by atoms with van der Waals surface area (Å²) >= 11 is 0. The molecule has 0 bridgehead atoms. The minimum atomic E-state index is 0.155. The number of benzene rings is 1. The predicted molar refractivity (Wildman–Crippen MR) is 112 cm³/mol. The Morgan fingerprint density at radius 3 is 2.79 bits per heavy atom. The number of aromatic amines is 1. The number of aliphatic hydroxyl groups is 1. The van der Waals surface area contributed by atoms with E-state index < -0.39 is 0 Å². The number of anilines is 1. The third kappa shape index (κ3) is 3.71. The second-order valence-electron chi connectivity index (χ2n) is 7.85. The Balaban J connectivity index is 1.53. The van der Waals surface area contributed by atoms with Crippen molar-refractivity contribution in [1.29, 1.82) is 5.41 Å². The smallest absolute Gasteiger partial charge is 0.145 e. The standard InChI is InChI=1S/C21H29N5O2/c1-14(2)28-11-10-26-13-18(27)19(20(26)22)21-23-16-7-6-15(12-17(16)24-21)25-8-4-3-5-9-25/h6-7,12,14,22,27H,3-5,8-11,13H2,1-2H3,(H,23,24). The van der Waals surface area contributed by atoms with Crippen molar-refractivity contribution < 1.29 is 9.84 Å². The van der Waals surface area contributed by atoms with Gasteiger partial charge in [-0.25, -0.2) is 4.98 Å². The molecule has 0 radical (unpaired) electrons. The summed E-state index contributed by atoms with van der Waals surface area (Å²) in [5, 5.41) is 18.9. The van der Waals surface area contributed by atoms with Crippen LogP contribution in [0.5, 0.6) is 0 Å². The number of imidazole rings is 1. The Morgan fingerprint density at radius 2 is 2.04 bits per heavy atom. The molecule has 2 aromatic rings. The normalized spacial score (nSPS) is 18.2. The molecular weight excluding hydrogens is 354 g/mol. The van der Waals surface area contributed by atoms with Gasteiger partial charge in [0.2, 0.25) is 0 Å². The predicted octanol–water partition coefficient (Wildman–Crippen LogP) is 3.54. The average molecular weight is 383 g/mol. The van der Waals surface area contributed by atoms with Crippen molar-refractivity contribution in [3.8, 4) is 0 Å². The van der Waals surface area contributed by atoms with Crippen molar-refractivity contribution >= 4 is 28.1 Å². The highest BCUT2D eigenvalue weighted by Gasteiger charge is 2.30. The fourth-order valence-electron chi connectivity index (χ4n) is 3.94. The maximum Gasteiger partial charge on any atom is 0.145 e. The number of nitrogens with zero attached hydrogens (tertiary/aromatic N) is 3. The molecule has 0 spiro atoms. The molecule has 2 aliphatic heterocycles. The van der Waals surface area contributed by atoms with Crippen molar-refractivity contribution in [3.63, 3.8) is 0 Å². The van der Waals surface area contributed by atoms with Gasteiger partial charge in [-0.05, 0) is 51.3 Å². The molecule has 1 aromatic carbocycles. The summed E-state index contributed by atoms with van der Waals surface area (Å²) in [7, 11) is 0. The van der Waals surface area contributed by atoms with Crippen molar-refractivity contribution in [1.82, 2.24) is 14.9 Å². The molecule has 1 fully saturated rings. The maximum absolute atomic E-state index is 10.5. The van der Waals surface area contributed by atoms with Gasteiger partial charge in [-0.3, -0.25) is 5.41 Å². The molecule has 4 rings (SSSR count). The number of fused-ring (bicyclic) bond motifs is 1. The summed E-state index contributed by atoms with van der Waals surface area (Å²) in [5.74, 6) is 1.03. The third-order valence-electron chi connectivity index (χ3n) is 5.42. The molecule has 0 amide bonds. The van der Waals surface area contributed by atoms with Crippen LogP contribution in [0, 0.1) is 5.41 Å². The second kappa shape index (κ2) is 7.83. The van der Waals surface area contributed by atoms with Crippen molar-refractivity contribution in [2.24, 2.45) is 0 Å². The van der Waals surface area contributed by atoms with Gasteiger partial charge >= 0.3 is 0 Å². The van der Waals surface area contributed by atoms with E-state index in [9.17, 15) is 5.11 Å². The number of piperidine rings is 1. The fraction of sp³-hybridized carbons (Fsp3) is 0.524. The monoisotopic (exact) mass is 383 g/mol. The Labute approximate surface area is 165 Å². The van der Waals surface area contributed by atoms with Gasteiger partial charge in [0.25, 0.3) is 0 Å². The summed E-state index contributed by atoms with van der Waals surface area (Å²) < 4.78 is 5.58. The van der Waals surface area contributed by atoms with Crippen LogP contribution < -0.4 is 4.90 Å². The van der Waals surface area contributed by atoms with E-state index in [1.165, 1.54) is 24.9 Å². The van der Waals surface area contributed by atoms with Crippen LogP contribution in [0.25, 0.3) is 16.6 Å². The molecule has 0 unspecified atom stereocenters. The van der Waals surface area contributed by atoms with E-state index in [2.05, 4.69) is 27.0 Å². The Morgan fingerprint density at radius 1 is 1.25 bits per heavy atom. The number of nitrogens with one attached hydrogen (secondary N) is 2. The highest BCUT2D eigenvalue weighted by Crippen LogP contribution is 2.29. The van der Waals surface area contributed by atoms with Gasteiger partial charge in [-0.1, -0.05) is 0 Å². The molecule has 150 valence electrons. The van der Waals surface area contributed by atoms with Crippen LogP contribution in [0.2, 0.25) is 0 Å². The molecule has 0 saturated carbocycles. The average Bonchev–Trinajstić information content (AvgIpc) is 3.21. The summed E-state index contributed by atoms with van der Waals surface area (Å²) in [4.78, 5) is 12.2. The van der Waals surface area contributed by atoms with Gasteiger partial charge < -0.3 is 24.6 Å². The van der Waals surface area contributed by atoms with Crippen LogP contribution in [0.1, 0.15) is 38.9 Å². The molecule has 3 N–H and O–H groups in total. The van der Waals surface area contributed by atoms with Crippen molar-refractivity contribution in [2.75, 3.05) is 37.7 Å². The van der Waals surface area contributed by atoms with E-state index in [4.69, 9.17) is 10.1 Å². The number of hydrogen-bond acceptors (Lipinski definition) is 5. The van der Waals surface area contributed by atoms with Gasteiger partial charge in [0, 0.05) is 25.3 Å². The Kier molecular flexibility index (Phi) is 5.26. The number of aromatic nitrogens is 2. The second-order valence-corrected chi connectivity index (χ2v) is 7.85. The summed E-state index contributed by atoms with van der Waals surface area (Å²) in [6, 6.07) is 6.26. The summed E-state index contributed by atoms with van der Waals surface area (Å²) in [5.41, 5.74) is 3.48. The first-order chi connectivity index (χ1) is 13.5. The lowest BCUT2D eigenvalue weighted by Gasteiger charge is -2.28. The first-order valence-electron chi connectivity index (χ1n) is 10.2. The SMILES string of the molecule is CC(C)OCCN1CC(O)=C(c2nc3ccc(N4CCCCC4)cc3[nH]2)C1=N. The molecule has 3 heterocycles. The van der Waals surface area contributed by atoms with Crippen LogP contribution in [-0.4, -0.2) is 64.7 Å². The largest absolute Gasteiger partial charge is 0.510 e. The van der Waals surface area contributed by atoms with Crippen LogP contribution in [0.15, 0.2) is 24.0 Å². The van der Waals surface area contributed by atoms with Gasteiger partial charge in [0.05, 0.1) is 35.9 Å². The lowest BCUT2D eigenvalue weighted by Crippen LogP contribution is -2.31. The van der Waals surface area contributed by atoms with E-state index >= 15 is 0 Å². The van der Waals surface area contributed by atoms with E-state index in [0.717, 1.165) is 24.1 Å². The van der Waals surface area contributed by atoms with Gasteiger partial charge in [0.15, 0.2) is 0 Å². The quantitative estimate of drug-likeness (QED) is 0.710. The van der Waals surface area contributed by atoms with E-state index in [-0.39, 0.29) is 11.9 Å². The van der Waals surface area contributed by atoms with Gasteiger partial charge in [-0.15, -0.1) is 0 Å². The fourth-order valence-corrected chi connectivity index (χ4v) is 3.94. The molecule has 0 atom stereocenters. The maximum atomic E-state index is 10.5. The van der Waals surface area contributed by atoms with Crippen LogP contribution >= 0.6 is 0 Å². The third-order valence-corrected chi connectivity index (χ3v) is 5.42. The van der Waals surface area contributed by atoms with Crippen LogP contribution in [0.3, 0.4) is 0 Å². The van der Waals surface area contributed by atoms with E-state index in [1.807, 2.05) is 24.8 Å². The molecule has 7 nitrogen and oxygen atoms in total. The van der Waals surface area contributed by atoms with Crippen LogP contribution in [-0.2, 0) is 4.74 Å². The van der Waals surface area contributed by atoms with Gasteiger partial charge in [-0.2, -0.15) is 0 Å². The molecule has 2 aliphatic rings. The number of H-pyrrole nitrogens is 1. The highest BCUT2D eigenvalue weighted by molar-refractivity contribution is 6.23. The van der Waals surface area contributed by atoms with Crippen molar-refractivity contribution in [3.05, 3.63) is 29.8 Å². The molecule has 7 heteroatoms.